The number of rotatable bonds is 6. The molecule has 0 atom stereocenters. The normalized spacial score (nSPS) is 13.9. The van der Waals surface area contributed by atoms with Gasteiger partial charge in [-0.1, -0.05) is 24.6 Å². The Hall–Kier alpha value is -1.86. The van der Waals surface area contributed by atoms with Gasteiger partial charge in [-0.15, -0.1) is 11.3 Å². The highest BCUT2D eigenvalue weighted by atomic mass is 32.2. The van der Waals surface area contributed by atoms with Crippen LogP contribution in [0.15, 0.2) is 29.2 Å². The van der Waals surface area contributed by atoms with Crippen molar-refractivity contribution in [3.05, 3.63) is 45.8 Å². The molecule has 1 aromatic carbocycles. The van der Waals surface area contributed by atoms with Crippen LogP contribution in [0.1, 0.15) is 52.5 Å². The van der Waals surface area contributed by atoms with Gasteiger partial charge in [-0.25, -0.2) is 13.2 Å². The first-order valence-electron chi connectivity index (χ1n) is 8.83. The van der Waals surface area contributed by atoms with Gasteiger partial charge in [0.15, 0.2) is 0 Å². The Morgan fingerprint density at radius 2 is 1.88 bits per heavy atom. The minimum absolute atomic E-state index is 0.183. The third-order valence-electron chi connectivity index (χ3n) is 4.37. The molecule has 0 bridgehead atoms. The fourth-order valence-electron chi connectivity index (χ4n) is 3.02. The summed E-state index contributed by atoms with van der Waals surface area (Å²) in [7, 11) is -3.75. The molecule has 3 rings (SSSR count). The van der Waals surface area contributed by atoms with Gasteiger partial charge in [0.05, 0.1) is 17.1 Å². The van der Waals surface area contributed by atoms with Crippen molar-refractivity contribution in [1.29, 1.82) is 0 Å². The summed E-state index contributed by atoms with van der Waals surface area (Å²) in [6, 6.07) is 6.65. The minimum atomic E-state index is -3.75. The standard InChI is InChI=1S/C19H23NO4S2/c1-3-12-24-19(21)17-15-6-4-5-7-16(15)25-18(17)20-26(22,23)14-10-8-13(2)9-11-14/h8-11,20H,3-7,12H2,1-2H3. The third kappa shape index (κ3) is 3.94. The zero-order valence-electron chi connectivity index (χ0n) is 15.0. The Balaban J connectivity index is 1.97. The summed E-state index contributed by atoms with van der Waals surface area (Å²) in [4.78, 5) is 13.8. The van der Waals surface area contributed by atoms with Gasteiger partial charge in [-0.2, -0.15) is 0 Å². The van der Waals surface area contributed by atoms with Gasteiger partial charge in [0.2, 0.25) is 0 Å². The molecule has 0 saturated carbocycles. The Morgan fingerprint density at radius 1 is 1.19 bits per heavy atom. The molecule has 0 spiro atoms. The van der Waals surface area contributed by atoms with Crippen LogP contribution in [0.25, 0.3) is 0 Å². The molecule has 0 unspecified atom stereocenters. The van der Waals surface area contributed by atoms with E-state index in [1.54, 1.807) is 24.3 Å². The number of aryl methyl sites for hydroxylation is 2. The van der Waals surface area contributed by atoms with Crippen LogP contribution in [0.5, 0.6) is 0 Å². The average Bonchev–Trinajstić information content (AvgIpc) is 2.97. The van der Waals surface area contributed by atoms with E-state index in [0.717, 1.165) is 48.1 Å². The second kappa shape index (κ2) is 7.80. The highest BCUT2D eigenvalue weighted by Crippen LogP contribution is 2.39. The van der Waals surface area contributed by atoms with Crippen molar-refractivity contribution in [2.75, 3.05) is 11.3 Å². The molecule has 0 fully saturated rings. The number of fused-ring (bicyclic) bond motifs is 1. The lowest BCUT2D eigenvalue weighted by Gasteiger charge is -2.13. The Kier molecular flexibility index (Phi) is 5.67. The third-order valence-corrected chi connectivity index (χ3v) is 7.07. The number of ether oxygens (including phenoxy) is 1. The van der Waals surface area contributed by atoms with Crippen molar-refractivity contribution in [3.63, 3.8) is 0 Å². The van der Waals surface area contributed by atoms with E-state index in [-0.39, 0.29) is 4.90 Å². The first kappa shape index (κ1) is 18.9. The number of carbonyl (C=O) groups excluding carboxylic acids is 1. The Bertz CT molecular complexity index is 898. The molecule has 0 amide bonds. The van der Waals surface area contributed by atoms with Gasteiger partial charge in [-0.3, -0.25) is 4.72 Å². The Morgan fingerprint density at radius 3 is 2.58 bits per heavy atom. The maximum atomic E-state index is 12.8. The molecule has 1 N–H and O–H groups in total. The predicted octanol–water partition coefficient (Wildman–Crippen LogP) is 4.30. The minimum Gasteiger partial charge on any atom is -0.462 e. The number of hydrogen-bond donors (Lipinski definition) is 1. The highest BCUT2D eigenvalue weighted by Gasteiger charge is 2.29. The number of nitrogens with one attached hydrogen (secondary N) is 1. The van der Waals surface area contributed by atoms with Gasteiger partial charge in [0.25, 0.3) is 10.0 Å². The molecule has 7 heteroatoms. The summed E-state index contributed by atoms with van der Waals surface area (Å²) in [6.07, 6.45) is 4.44. The van der Waals surface area contributed by atoms with Crippen LogP contribution < -0.4 is 4.72 Å². The number of benzene rings is 1. The van der Waals surface area contributed by atoms with Crippen LogP contribution in [-0.4, -0.2) is 21.0 Å². The molecular formula is C19H23NO4S2. The number of sulfonamides is 1. The van der Waals surface area contributed by atoms with Crippen LogP contribution >= 0.6 is 11.3 Å². The van der Waals surface area contributed by atoms with Crippen LogP contribution in [0.2, 0.25) is 0 Å². The second-order valence-corrected chi connectivity index (χ2v) is 9.26. The second-order valence-electron chi connectivity index (χ2n) is 6.47. The van der Waals surface area contributed by atoms with Crippen molar-refractivity contribution < 1.29 is 17.9 Å². The van der Waals surface area contributed by atoms with E-state index in [0.29, 0.717) is 17.2 Å². The summed E-state index contributed by atoms with van der Waals surface area (Å²) in [5.74, 6) is -0.437. The molecule has 0 saturated heterocycles. The molecule has 1 aliphatic carbocycles. The lowest BCUT2D eigenvalue weighted by Crippen LogP contribution is -2.16. The highest BCUT2D eigenvalue weighted by molar-refractivity contribution is 7.93. The maximum Gasteiger partial charge on any atom is 0.341 e. The summed E-state index contributed by atoms with van der Waals surface area (Å²) < 4.78 is 33.5. The van der Waals surface area contributed by atoms with Crippen molar-refractivity contribution in [3.8, 4) is 0 Å². The molecule has 2 aromatic rings. The van der Waals surface area contributed by atoms with E-state index >= 15 is 0 Å². The van der Waals surface area contributed by atoms with Crippen molar-refractivity contribution >= 4 is 32.3 Å². The number of carbonyl (C=O) groups is 1. The molecule has 0 aliphatic heterocycles. The van der Waals surface area contributed by atoms with E-state index < -0.39 is 16.0 Å². The van der Waals surface area contributed by atoms with E-state index in [4.69, 9.17) is 4.74 Å². The van der Waals surface area contributed by atoms with Gasteiger partial charge < -0.3 is 4.74 Å². The number of thiophene rings is 1. The van der Waals surface area contributed by atoms with E-state index in [2.05, 4.69) is 4.72 Å². The lowest BCUT2D eigenvalue weighted by atomic mass is 9.95. The zero-order valence-corrected chi connectivity index (χ0v) is 16.6. The van der Waals surface area contributed by atoms with Crippen molar-refractivity contribution in [1.82, 2.24) is 0 Å². The molecule has 26 heavy (non-hydrogen) atoms. The average molecular weight is 394 g/mol. The van der Waals surface area contributed by atoms with E-state index in [1.165, 1.54) is 11.3 Å². The molecule has 1 heterocycles. The van der Waals surface area contributed by atoms with Gasteiger partial charge in [0.1, 0.15) is 5.00 Å². The molecule has 1 aliphatic rings. The fraction of sp³-hybridized carbons (Fsp3) is 0.421. The monoisotopic (exact) mass is 393 g/mol. The molecule has 0 radical (unpaired) electrons. The van der Waals surface area contributed by atoms with Gasteiger partial charge in [0, 0.05) is 4.88 Å². The number of esters is 1. The van der Waals surface area contributed by atoms with Crippen LogP contribution in [0.4, 0.5) is 5.00 Å². The van der Waals surface area contributed by atoms with E-state index in [1.807, 2.05) is 13.8 Å². The first-order valence-corrected chi connectivity index (χ1v) is 11.1. The van der Waals surface area contributed by atoms with Crippen molar-refractivity contribution in [2.24, 2.45) is 0 Å². The van der Waals surface area contributed by atoms with Gasteiger partial charge >= 0.3 is 5.97 Å². The maximum absolute atomic E-state index is 12.8. The molecular weight excluding hydrogens is 370 g/mol. The molecule has 140 valence electrons. The van der Waals surface area contributed by atoms with Crippen LogP contribution in [0, 0.1) is 6.92 Å². The van der Waals surface area contributed by atoms with Gasteiger partial charge in [-0.05, 0) is 56.7 Å². The van der Waals surface area contributed by atoms with Crippen LogP contribution in [0.3, 0.4) is 0 Å². The lowest BCUT2D eigenvalue weighted by molar-refractivity contribution is 0.0505. The first-order chi connectivity index (χ1) is 12.4. The summed E-state index contributed by atoms with van der Waals surface area (Å²) in [5.41, 5.74) is 2.33. The fourth-order valence-corrected chi connectivity index (χ4v) is 5.60. The molecule has 1 aromatic heterocycles. The summed E-state index contributed by atoms with van der Waals surface area (Å²) >= 11 is 1.36. The molecule has 5 nitrogen and oxygen atoms in total. The SMILES string of the molecule is CCCOC(=O)c1c(NS(=O)(=O)c2ccc(C)cc2)sc2c1CCCC2. The predicted molar refractivity (Wildman–Crippen MR) is 104 cm³/mol. The van der Waals surface area contributed by atoms with E-state index in [9.17, 15) is 13.2 Å². The Labute approximate surface area is 158 Å². The largest absolute Gasteiger partial charge is 0.462 e. The number of hydrogen-bond acceptors (Lipinski definition) is 5. The van der Waals surface area contributed by atoms with Crippen molar-refractivity contribution in [2.45, 2.75) is 50.8 Å². The number of anilines is 1. The summed E-state index contributed by atoms with van der Waals surface area (Å²) in [5, 5.41) is 0.374. The smallest absolute Gasteiger partial charge is 0.341 e. The topological polar surface area (TPSA) is 72.5 Å². The summed E-state index contributed by atoms with van der Waals surface area (Å²) in [6.45, 7) is 4.16. The zero-order chi connectivity index (χ0) is 18.7. The van der Waals surface area contributed by atoms with Crippen LogP contribution in [-0.2, 0) is 27.6 Å². The quantitative estimate of drug-likeness (QED) is 0.743.